The van der Waals surface area contributed by atoms with E-state index in [1.807, 2.05) is 53.6 Å². The molecule has 0 spiro atoms. The van der Waals surface area contributed by atoms with Crippen LogP contribution in [-0.2, 0) is 25.5 Å². The van der Waals surface area contributed by atoms with Crippen molar-refractivity contribution in [2.75, 3.05) is 20.3 Å². The molecule has 7 nitrogen and oxygen atoms in total. The minimum atomic E-state index is -0.437. The number of benzene rings is 2. The highest BCUT2D eigenvalue weighted by atomic mass is 32.2. The van der Waals surface area contributed by atoms with Crippen LogP contribution in [0.4, 0.5) is 0 Å². The molecule has 2 aromatic carbocycles. The van der Waals surface area contributed by atoms with Crippen LogP contribution in [0.1, 0.15) is 55.0 Å². The molecule has 0 fully saturated rings. The van der Waals surface area contributed by atoms with Gasteiger partial charge in [0.15, 0.2) is 5.17 Å². The van der Waals surface area contributed by atoms with Gasteiger partial charge in [-0.25, -0.2) is 9.79 Å². The van der Waals surface area contributed by atoms with E-state index in [9.17, 15) is 9.59 Å². The third-order valence-electron chi connectivity index (χ3n) is 6.90. The van der Waals surface area contributed by atoms with Gasteiger partial charge in [0.05, 0.1) is 36.4 Å². The molecule has 2 heterocycles. The Morgan fingerprint density at radius 1 is 1.11 bits per heavy atom. The van der Waals surface area contributed by atoms with Crippen molar-refractivity contribution < 1.29 is 19.1 Å². The molecular weight excluding hydrogens is 486 g/mol. The van der Waals surface area contributed by atoms with Crippen molar-refractivity contribution in [3.8, 4) is 0 Å². The van der Waals surface area contributed by atoms with Crippen molar-refractivity contribution in [3.63, 3.8) is 0 Å². The standard InChI is InChI=1S/C29H31N3O4S/c1-19-26(28(34)36-16-15-35-2)27(21-10-4-3-5-11-21)32-22(18-37-29(32)30-19)17-25(33)31-24-14-8-12-20-9-6-7-13-23(20)24/h3-7,9-11,13,18,24,27H,8,12,14-17H2,1-2H3,(H,31,33)/t24-,27+/m0/s1. The van der Waals surface area contributed by atoms with E-state index < -0.39 is 12.0 Å². The van der Waals surface area contributed by atoms with E-state index in [-0.39, 0.29) is 25.0 Å². The number of thioether (sulfide) groups is 1. The second-order valence-corrected chi connectivity index (χ2v) is 10.2. The lowest BCUT2D eigenvalue weighted by molar-refractivity contribution is -0.141. The van der Waals surface area contributed by atoms with Crippen molar-refractivity contribution >= 4 is 28.8 Å². The molecule has 0 radical (unpaired) electrons. The molecule has 0 saturated carbocycles. The van der Waals surface area contributed by atoms with Crippen molar-refractivity contribution in [3.05, 3.63) is 93.7 Å². The van der Waals surface area contributed by atoms with E-state index in [0.29, 0.717) is 17.9 Å². The summed E-state index contributed by atoms with van der Waals surface area (Å²) in [5.41, 5.74) is 5.35. The van der Waals surface area contributed by atoms with Crippen molar-refractivity contribution in [2.45, 2.75) is 44.7 Å². The summed E-state index contributed by atoms with van der Waals surface area (Å²) < 4.78 is 10.6. The normalized spacial score (nSPS) is 20.5. The second-order valence-electron chi connectivity index (χ2n) is 9.32. The number of ether oxygens (including phenoxy) is 2. The van der Waals surface area contributed by atoms with E-state index >= 15 is 0 Å². The molecule has 0 aromatic heterocycles. The van der Waals surface area contributed by atoms with Gasteiger partial charge in [-0.3, -0.25) is 4.79 Å². The Balaban J connectivity index is 1.39. The zero-order chi connectivity index (χ0) is 25.8. The molecule has 8 heteroatoms. The van der Waals surface area contributed by atoms with E-state index in [0.717, 1.165) is 35.7 Å². The van der Waals surface area contributed by atoms with E-state index in [4.69, 9.17) is 14.5 Å². The Hall–Kier alpha value is -3.36. The van der Waals surface area contributed by atoms with Gasteiger partial charge in [0.25, 0.3) is 0 Å². The van der Waals surface area contributed by atoms with E-state index in [1.165, 1.54) is 22.9 Å². The lowest BCUT2D eigenvalue weighted by atomic mass is 9.87. The van der Waals surface area contributed by atoms with Gasteiger partial charge in [-0.2, -0.15) is 0 Å². The van der Waals surface area contributed by atoms with Gasteiger partial charge in [0.2, 0.25) is 5.91 Å². The Labute approximate surface area is 221 Å². The van der Waals surface area contributed by atoms with Gasteiger partial charge in [0.1, 0.15) is 6.61 Å². The highest BCUT2D eigenvalue weighted by Crippen LogP contribution is 2.45. The predicted molar refractivity (Wildman–Crippen MR) is 145 cm³/mol. The fourth-order valence-corrected chi connectivity index (χ4v) is 6.15. The van der Waals surface area contributed by atoms with Gasteiger partial charge in [-0.1, -0.05) is 66.4 Å². The number of carbonyl (C=O) groups is 2. The SMILES string of the molecule is COCCOC(=O)C1=C(C)N=C2SC=C(CC(=O)N[C@H]3CCCc4ccccc43)N2[C@@H]1c1ccccc1. The molecule has 1 aliphatic carbocycles. The summed E-state index contributed by atoms with van der Waals surface area (Å²) in [6.07, 6.45) is 3.22. The first-order chi connectivity index (χ1) is 18.1. The number of aliphatic imine (C=N–C) groups is 1. The molecule has 0 unspecified atom stereocenters. The van der Waals surface area contributed by atoms with E-state index in [1.54, 1.807) is 7.11 Å². The van der Waals surface area contributed by atoms with Gasteiger partial charge in [-0.05, 0) is 48.3 Å². The topological polar surface area (TPSA) is 80.2 Å². The maximum atomic E-state index is 13.3. The predicted octanol–water partition coefficient (Wildman–Crippen LogP) is 5.04. The van der Waals surface area contributed by atoms with Crippen LogP contribution in [-0.4, -0.2) is 42.3 Å². The second kappa shape index (κ2) is 11.4. The average Bonchev–Trinajstić information content (AvgIpc) is 3.30. The molecule has 37 heavy (non-hydrogen) atoms. The molecular formula is C29H31N3O4S. The fraction of sp³-hybridized carbons (Fsp3) is 0.345. The summed E-state index contributed by atoms with van der Waals surface area (Å²) in [5.74, 6) is -0.470. The molecule has 0 saturated heterocycles. The van der Waals surface area contributed by atoms with Crippen LogP contribution in [0.15, 0.2) is 82.0 Å². The van der Waals surface area contributed by atoms with Crippen LogP contribution in [0.2, 0.25) is 0 Å². The van der Waals surface area contributed by atoms with Gasteiger partial charge >= 0.3 is 5.97 Å². The molecule has 3 aliphatic rings. The molecule has 2 aromatic rings. The number of hydrogen-bond acceptors (Lipinski definition) is 7. The number of amides is 1. The number of esters is 1. The first-order valence-electron chi connectivity index (χ1n) is 12.6. The number of carbonyl (C=O) groups excluding carboxylic acids is 2. The Bertz CT molecular complexity index is 1270. The Kier molecular flexibility index (Phi) is 7.76. The van der Waals surface area contributed by atoms with Crippen molar-refractivity contribution in [2.24, 2.45) is 4.99 Å². The molecule has 5 rings (SSSR count). The van der Waals surface area contributed by atoms with Crippen LogP contribution < -0.4 is 5.32 Å². The van der Waals surface area contributed by atoms with E-state index in [2.05, 4.69) is 23.5 Å². The number of rotatable bonds is 8. The molecule has 2 aliphatic heterocycles. The van der Waals surface area contributed by atoms with Crippen molar-refractivity contribution in [1.29, 1.82) is 0 Å². The summed E-state index contributed by atoms with van der Waals surface area (Å²) in [6, 6.07) is 17.7. The van der Waals surface area contributed by atoms with Crippen LogP contribution in [0.5, 0.6) is 0 Å². The molecule has 192 valence electrons. The number of amidine groups is 1. The summed E-state index contributed by atoms with van der Waals surface area (Å²) in [4.78, 5) is 33.3. The number of fused-ring (bicyclic) bond motifs is 2. The average molecular weight is 518 g/mol. The van der Waals surface area contributed by atoms with Gasteiger partial charge in [-0.15, -0.1) is 0 Å². The third kappa shape index (κ3) is 5.36. The van der Waals surface area contributed by atoms with Gasteiger partial charge in [0, 0.05) is 12.8 Å². The number of hydrogen-bond donors (Lipinski definition) is 1. The monoisotopic (exact) mass is 517 g/mol. The summed E-state index contributed by atoms with van der Waals surface area (Å²) >= 11 is 1.48. The zero-order valence-electron chi connectivity index (χ0n) is 21.1. The fourth-order valence-electron chi connectivity index (χ4n) is 5.19. The number of methoxy groups -OCH3 is 1. The Morgan fingerprint density at radius 3 is 2.70 bits per heavy atom. The number of nitrogens with one attached hydrogen (secondary N) is 1. The zero-order valence-corrected chi connectivity index (χ0v) is 21.9. The highest BCUT2D eigenvalue weighted by molar-refractivity contribution is 8.16. The van der Waals surface area contributed by atoms with Crippen LogP contribution >= 0.6 is 11.8 Å². The van der Waals surface area contributed by atoms with Crippen molar-refractivity contribution in [1.82, 2.24) is 10.2 Å². The number of aryl methyl sites for hydroxylation is 1. The molecule has 1 N–H and O–H groups in total. The summed E-state index contributed by atoms with van der Waals surface area (Å²) in [5, 5.41) is 5.98. The molecule has 1 amide bonds. The van der Waals surface area contributed by atoms with Crippen LogP contribution in [0.25, 0.3) is 0 Å². The quantitative estimate of drug-likeness (QED) is 0.391. The minimum absolute atomic E-state index is 0.0139. The highest BCUT2D eigenvalue weighted by Gasteiger charge is 2.41. The minimum Gasteiger partial charge on any atom is -0.460 e. The largest absolute Gasteiger partial charge is 0.460 e. The molecule has 0 bridgehead atoms. The Morgan fingerprint density at radius 2 is 1.89 bits per heavy atom. The first-order valence-corrected chi connectivity index (χ1v) is 13.5. The molecule has 2 atom stereocenters. The lowest BCUT2D eigenvalue weighted by Crippen LogP contribution is -2.38. The number of nitrogens with zero attached hydrogens (tertiary/aromatic N) is 2. The smallest absolute Gasteiger partial charge is 0.338 e. The summed E-state index contributed by atoms with van der Waals surface area (Å²) in [6.45, 7) is 2.31. The van der Waals surface area contributed by atoms with Crippen LogP contribution in [0, 0.1) is 0 Å². The first kappa shape index (κ1) is 25.3. The lowest BCUT2D eigenvalue weighted by Gasteiger charge is -2.36. The maximum absolute atomic E-state index is 13.3. The van der Waals surface area contributed by atoms with Crippen LogP contribution in [0.3, 0.4) is 0 Å². The third-order valence-corrected chi connectivity index (χ3v) is 7.79. The number of allylic oxidation sites excluding steroid dienone is 1. The summed E-state index contributed by atoms with van der Waals surface area (Å²) in [7, 11) is 1.57. The maximum Gasteiger partial charge on any atom is 0.338 e. The van der Waals surface area contributed by atoms with Gasteiger partial charge < -0.3 is 19.7 Å².